The first-order valence-corrected chi connectivity index (χ1v) is 8.00. The van der Waals surface area contributed by atoms with Crippen LogP contribution in [-0.4, -0.2) is 35.8 Å². The zero-order valence-electron chi connectivity index (χ0n) is 13.1. The molecule has 0 spiro atoms. The van der Waals surface area contributed by atoms with Gasteiger partial charge in [-0.2, -0.15) is 0 Å². The van der Waals surface area contributed by atoms with E-state index in [0.29, 0.717) is 19.5 Å². The van der Waals surface area contributed by atoms with E-state index >= 15 is 0 Å². The number of benzene rings is 1. The first-order valence-electron chi connectivity index (χ1n) is 8.00. The number of nitrogens with two attached hydrogens (primary N) is 1. The molecule has 2 unspecified atom stereocenters. The van der Waals surface area contributed by atoms with E-state index < -0.39 is 6.04 Å². The highest BCUT2D eigenvalue weighted by molar-refractivity contribution is 5.83. The summed E-state index contributed by atoms with van der Waals surface area (Å²) in [5.74, 6) is -0.00482. The Hall–Kier alpha value is -1.88. The predicted octanol–water partition coefficient (Wildman–Crippen LogP) is 1.59. The molecular formula is C17H25N3O2. The van der Waals surface area contributed by atoms with Crippen LogP contribution in [0.1, 0.15) is 44.2 Å². The number of piperidine rings is 1. The van der Waals surface area contributed by atoms with Gasteiger partial charge in [-0.05, 0) is 24.8 Å². The quantitative estimate of drug-likeness (QED) is 0.867. The molecule has 1 aliphatic rings. The van der Waals surface area contributed by atoms with Gasteiger partial charge in [0.25, 0.3) is 0 Å². The van der Waals surface area contributed by atoms with Crippen molar-refractivity contribution in [2.75, 3.05) is 13.1 Å². The number of nitrogens with zero attached hydrogens (tertiary/aromatic N) is 1. The highest BCUT2D eigenvalue weighted by Crippen LogP contribution is 2.17. The largest absolute Gasteiger partial charge is 0.352 e. The second-order valence-corrected chi connectivity index (χ2v) is 5.83. The Morgan fingerprint density at radius 3 is 2.77 bits per heavy atom. The lowest BCUT2D eigenvalue weighted by Crippen LogP contribution is -2.51. The van der Waals surface area contributed by atoms with Crippen LogP contribution in [0.2, 0.25) is 0 Å². The van der Waals surface area contributed by atoms with Gasteiger partial charge < -0.3 is 16.0 Å². The number of carbonyl (C=O) groups excluding carboxylic acids is 2. The number of nitrogens with one attached hydrogen (secondary N) is 1. The van der Waals surface area contributed by atoms with Gasteiger partial charge in [-0.3, -0.25) is 9.59 Å². The summed E-state index contributed by atoms with van der Waals surface area (Å²) in [6, 6.07) is 8.81. The second-order valence-electron chi connectivity index (χ2n) is 5.83. The monoisotopic (exact) mass is 303 g/mol. The molecule has 120 valence electrons. The maximum atomic E-state index is 12.5. The molecule has 2 amide bonds. The van der Waals surface area contributed by atoms with E-state index in [-0.39, 0.29) is 17.9 Å². The minimum atomic E-state index is -0.633. The Morgan fingerprint density at radius 1 is 1.36 bits per heavy atom. The fourth-order valence-electron chi connectivity index (χ4n) is 2.82. The summed E-state index contributed by atoms with van der Waals surface area (Å²) in [6.07, 6.45) is 3.18. The molecule has 1 aliphatic heterocycles. The zero-order valence-corrected chi connectivity index (χ0v) is 13.1. The summed E-state index contributed by atoms with van der Waals surface area (Å²) < 4.78 is 0. The summed E-state index contributed by atoms with van der Waals surface area (Å²) in [5.41, 5.74) is 6.91. The molecule has 1 aromatic rings. The van der Waals surface area contributed by atoms with Crippen molar-refractivity contribution < 1.29 is 9.59 Å². The van der Waals surface area contributed by atoms with E-state index in [9.17, 15) is 9.59 Å². The molecule has 3 N–H and O–H groups in total. The van der Waals surface area contributed by atoms with Crippen LogP contribution < -0.4 is 11.1 Å². The van der Waals surface area contributed by atoms with Crippen molar-refractivity contribution in [3.8, 4) is 0 Å². The van der Waals surface area contributed by atoms with E-state index in [0.717, 1.165) is 24.8 Å². The van der Waals surface area contributed by atoms with Gasteiger partial charge in [0.15, 0.2) is 0 Å². The number of hydrogen-bond donors (Lipinski definition) is 2. The average molecular weight is 303 g/mol. The van der Waals surface area contributed by atoms with Gasteiger partial charge in [0.2, 0.25) is 11.8 Å². The number of hydrogen-bond acceptors (Lipinski definition) is 3. The van der Waals surface area contributed by atoms with Gasteiger partial charge in [0.05, 0.1) is 0 Å². The molecule has 2 atom stereocenters. The minimum Gasteiger partial charge on any atom is -0.352 e. The highest BCUT2D eigenvalue weighted by atomic mass is 16.2. The van der Waals surface area contributed by atoms with Crippen LogP contribution >= 0.6 is 0 Å². The molecule has 0 saturated carbocycles. The Balaban J connectivity index is 1.94. The third-order valence-electron chi connectivity index (χ3n) is 4.00. The Labute approximate surface area is 131 Å². The van der Waals surface area contributed by atoms with Crippen LogP contribution in [-0.2, 0) is 9.59 Å². The predicted molar refractivity (Wildman–Crippen MR) is 86.0 cm³/mol. The van der Waals surface area contributed by atoms with Crippen molar-refractivity contribution in [2.45, 2.75) is 44.7 Å². The molecule has 0 aliphatic carbocycles. The fourth-order valence-corrected chi connectivity index (χ4v) is 2.82. The zero-order chi connectivity index (χ0) is 15.9. The summed E-state index contributed by atoms with van der Waals surface area (Å²) in [6.45, 7) is 3.24. The van der Waals surface area contributed by atoms with Crippen molar-refractivity contribution >= 4 is 11.8 Å². The smallest absolute Gasteiger partial charge is 0.244 e. The first kappa shape index (κ1) is 16.5. The molecule has 0 aromatic heterocycles. The molecule has 1 fully saturated rings. The molecular weight excluding hydrogens is 278 g/mol. The van der Waals surface area contributed by atoms with Crippen LogP contribution in [0.3, 0.4) is 0 Å². The number of carbonyl (C=O) groups is 2. The fraction of sp³-hybridized carbons (Fsp3) is 0.529. The lowest BCUT2D eigenvalue weighted by molar-refractivity contribution is -0.135. The summed E-state index contributed by atoms with van der Waals surface area (Å²) in [4.78, 5) is 26.0. The highest BCUT2D eigenvalue weighted by Gasteiger charge is 2.28. The number of likely N-dealkylation sites (tertiary alicyclic amines) is 1. The van der Waals surface area contributed by atoms with Crippen LogP contribution in [0, 0.1) is 0 Å². The van der Waals surface area contributed by atoms with Gasteiger partial charge in [0.1, 0.15) is 6.04 Å². The molecule has 1 heterocycles. The molecule has 0 bridgehead atoms. The Bertz CT molecular complexity index is 504. The molecule has 1 saturated heterocycles. The molecule has 0 radical (unpaired) electrons. The third-order valence-corrected chi connectivity index (χ3v) is 4.00. The summed E-state index contributed by atoms with van der Waals surface area (Å²) in [7, 11) is 0. The van der Waals surface area contributed by atoms with E-state index in [1.54, 1.807) is 4.90 Å². The minimum absolute atomic E-state index is 0.0414. The van der Waals surface area contributed by atoms with Gasteiger partial charge in [-0.25, -0.2) is 0 Å². The van der Waals surface area contributed by atoms with Gasteiger partial charge >= 0.3 is 0 Å². The van der Waals surface area contributed by atoms with E-state index in [1.807, 2.05) is 37.3 Å². The molecule has 22 heavy (non-hydrogen) atoms. The van der Waals surface area contributed by atoms with Crippen molar-refractivity contribution in [2.24, 2.45) is 5.73 Å². The van der Waals surface area contributed by atoms with E-state index in [4.69, 9.17) is 5.73 Å². The lowest BCUT2D eigenvalue weighted by Gasteiger charge is -2.34. The third kappa shape index (κ3) is 4.31. The van der Waals surface area contributed by atoms with Crippen molar-refractivity contribution in [3.63, 3.8) is 0 Å². The Kier molecular flexibility index (Phi) is 5.95. The Morgan fingerprint density at radius 2 is 2.09 bits per heavy atom. The van der Waals surface area contributed by atoms with Crippen molar-refractivity contribution in [1.82, 2.24) is 10.2 Å². The van der Waals surface area contributed by atoms with Crippen molar-refractivity contribution in [3.05, 3.63) is 35.9 Å². The lowest BCUT2D eigenvalue weighted by atomic mass is 10.0. The van der Waals surface area contributed by atoms with Crippen LogP contribution in [0.4, 0.5) is 0 Å². The number of amides is 2. The number of rotatable bonds is 5. The normalized spacial score (nSPS) is 19.5. The summed E-state index contributed by atoms with van der Waals surface area (Å²) >= 11 is 0. The topological polar surface area (TPSA) is 75.4 Å². The molecule has 2 rings (SSSR count). The average Bonchev–Trinajstić information content (AvgIpc) is 2.54. The maximum absolute atomic E-state index is 12.5. The molecule has 1 aromatic carbocycles. The standard InChI is InChI=1S/C17H25N3O2/c1-2-7-15(21)19-14-10-6-11-20(12-14)17(22)16(18)13-8-4-3-5-9-13/h3-5,8-9,14,16H,2,6-7,10-12,18H2,1H3,(H,19,21). The van der Waals surface area contributed by atoms with Gasteiger partial charge in [-0.15, -0.1) is 0 Å². The van der Waals surface area contributed by atoms with E-state index in [1.165, 1.54) is 0 Å². The maximum Gasteiger partial charge on any atom is 0.244 e. The van der Waals surface area contributed by atoms with Crippen molar-refractivity contribution in [1.29, 1.82) is 0 Å². The SMILES string of the molecule is CCCC(=O)NC1CCCN(C(=O)C(N)c2ccccc2)C1. The van der Waals surface area contributed by atoms with Gasteiger partial charge in [0, 0.05) is 25.6 Å². The first-order chi connectivity index (χ1) is 10.6. The van der Waals surface area contributed by atoms with Crippen LogP contribution in [0.15, 0.2) is 30.3 Å². The second kappa shape index (κ2) is 7.94. The summed E-state index contributed by atoms with van der Waals surface area (Å²) in [5, 5.41) is 3.01. The van der Waals surface area contributed by atoms with Crippen LogP contribution in [0.25, 0.3) is 0 Å². The van der Waals surface area contributed by atoms with Gasteiger partial charge in [-0.1, -0.05) is 37.3 Å². The van der Waals surface area contributed by atoms with E-state index in [2.05, 4.69) is 5.32 Å². The molecule has 5 nitrogen and oxygen atoms in total. The van der Waals surface area contributed by atoms with Crippen LogP contribution in [0.5, 0.6) is 0 Å². The molecule has 5 heteroatoms.